The molecule has 0 radical (unpaired) electrons. The largest absolute Gasteiger partial charge is 0.355 e. The van der Waals surface area contributed by atoms with Crippen molar-refractivity contribution in [1.29, 1.82) is 0 Å². The Labute approximate surface area is 170 Å². The minimum atomic E-state index is -0.0615. The van der Waals surface area contributed by atoms with Gasteiger partial charge in [-0.2, -0.15) is 4.98 Å². The fraction of sp³-hybridized carbons (Fsp3) is 0.455. The van der Waals surface area contributed by atoms with Crippen LogP contribution in [0.25, 0.3) is 11.1 Å². The number of rotatable bonds is 6. The fourth-order valence-electron chi connectivity index (χ4n) is 3.92. The molecule has 0 saturated carbocycles. The number of nitrogens with one attached hydrogen (secondary N) is 1. The third-order valence-corrected chi connectivity index (χ3v) is 5.65. The molecule has 152 valence electrons. The van der Waals surface area contributed by atoms with Crippen molar-refractivity contribution in [3.05, 3.63) is 47.4 Å². The van der Waals surface area contributed by atoms with Crippen molar-refractivity contribution in [2.45, 2.75) is 46.1 Å². The van der Waals surface area contributed by atoms with Gasteiger partial charge in [-0.05, 0) is 36.8 Å². The molecule has 7 nitrogen and oxygen atoms in total. The standard InChI is InChI=1S/C22H27N5O2/c1-3-15-7-9-16(10-8-15)12-23-21(28)17-6-5-11-27(13-17)20-19-18(4-2)26-29-22(19)25-14-24-20/h7-10,14,17H,3-6,11-13H2,1-2H3,(H,23,28)/t17-/m0/s1. The molecule has 4 rings (SSSR count). The van der Waals surface area contributed by atoms with Gasteiger partial charge in [-0.25, -0.2) is 4.98 Å². The van der Waals surface area contributed by atoms with Crippen molar-refractivity contribution in [3.8, 4) is 0 Å². The maximum Gasteiger partial charge on any atom is 0.263 e. The molecule has 1 aromatic carbocycles. The first-order chi connectivity index (χ1) is 14.2. The second-order valence-electron chi connectivity index (χ2n) is 7.53. The fourth-order valence-corrected chi connectivity index (χ4v) is 3.92. The zero-order valence-electron chi connectivity index (χ0n) is 17.0. The number of piperidine rings is 1. The molecule has 29 heavy (non-hydrogen) atoms. The first kappa shape index (κ1) is 19.4. The number of carbonyl (C=O) groups excluding carboxylic acids is 1. The topological polar surface area (TPSA) is 84.2 Å². The second kappa shape index (κ2) is 8.59. The van der Waals surface area contributed by atoms with E-state index in [9.17, 15) is 4.79 Å². The monoisotopic (exact) mass is 393 g/mol. The summed E-state index contributed by atoms with van der Waals surface area (Å²) >= 11 is 0. The summed E-state index contributed by atoms with van der Waals surface area (Å²) in [4.78, 5) is 23.7. The van der Waals surface area contributed by atoms with Crippen LogP contribution in [0.15, 0.2) is 35.1 Å². The van der Waals surface area contributed by atoms with Crippen molar-refractivity contribution >= 4 is 22.8 Å². The summed E-state index contributed by atoms with van der Waals surface area (Å²) in [5, 5.41) is 8.09. The SMILES string of the molecule is CCc1ccc(CNC(=O)[C@H]2CCCN(c3ncnc4onc(CC)c34)C2)cc1. The molecule has 0 bridgehead atoms. The molecule has 0 aliphatic carbocycles. The van der Waals surface area contributed by atoms with Gasteiger partial charge in [-0.1, -0.05) is 43.3 Å². The molecular formula is C22H27N5O2. The van der Waals surface area contributed by atoms with Crippen LogP contribution >= 0.6 is 0 Å². The Bertz CT molecular complexity index is 983. The van der Waals surface area contributed by atoms with E-state index in [1.165, 1.54) is 11.9 Å². The van der Waals surface area contributed by atoms with E-state index in [4.69, 9.17) is 4.52 Å². The van der Waals surface area contributed by atoms with Gasteiger partial charge in [0, 0.05) is 19.6 Å². The van der Waals surface area contributed by atoms with Gasteiger partial charge in [-0.3, -0.25) is 4.79 Å². The number of anilines is 1. The molecule has 1 aliphatic rings. The molecule has 0 unspecified atom stereocenters. The van der Waals surface area contributed by atoms with Gasteiger partial charge in [0.1, 0.15) is 17.5 Å². The highest BCUT2D eigenvalue weighted by Gasteiger charge is 2.28. The predicted octanol–water partition coefficient (Wildman–Crippen LogP) is 3.28. The highest BCUT2D eigenvalue weighted by atomic mass is 16.5. The van der Waals surface area contributed by atoms with Gasteiger partial charge in [-0.15, -0.1) is 0 Å². The van der Waals surface area contributed by atoms with Crippen LogP contribution in [0.1, 0.15) is 43.5 Å². The van der Waals surface area contributed by atoms with Crippen LogP contribution in [0.4, 0.5) is 5.82 Å². The van der Waals surface area contributed by atoms with Crippen LogP contribution in [-0.2, 0) is 24.2 Å². The van der Waals surface area contributed by atoms with Crippen LogP contribution in [-0.4, -0.2) is 34.1 Å². The van der Waals surface area contributed by atoms with E-state index in [0.29, 0.717) is 18.8 Å². The van der Waals surface area contributed by atoms with Crippen molar-refractivity contribution in [1.82, 2.24) is 20.4 Å². The average Bonchev–Trinajstić information content (AvgIpc) is 3.21. The van der Waals surface area contributed by atoms with Gasteiger partial charge < -0.3 is 14.7 Å². The highest BCUT2D eigenvalue weighted by molar-refractivity contribution is 5.88. The van der Waals surface area contributed by atoms with Gasteiger partial charge in [0.05, 0.1) is 11.6 Å². The van der Waals surface area contributed by atoms with E-state index >= 15 is 0 Å². The normalized spacial score (nSPS) is 16.9. The lowest BCUT2D eigenvalue weighted by Gasteiger charge is -2.33. The van der Waals surface area contributed by atoms with Crippen LogP contribution in [0.2, 0.25) is 0 Å². The Balaban J connectivity index is 1.44. The van der Waals surface area contributed by atoms with E-state index in [2.05, 4.69) is 56.5 Å². The Kier molecular flexibility index (Phi) is 5.74. The number of aromatic nitrogens is 3. The quantitative estimate of drug-likeness (QED) is 0.692. The summed E-state index contributed by atoms with van der Waals surface area (Å²) in [7, 11) is 0. The third-order valence-electron chi connectivity index (χ3n) is 5.65. The molecule has 1 N–H and O–H groups in total. The van der Waals surface area contributed by atoms with E-state index < -0.39 is 0 Å². The number of hydrogen-bond donors (Lipinski definition) is 1. The molecule has 7 heteroatoms. The van der Waals surface area contributed by atoms with Crippen molar-refractivity contribution in [2.24, 2.45) is 5.92 Å². The Morgan fingerprint density at radius 1 is 1.17 bits per heavy atom. The number of hydrogen-bond acceptors (Lipinski definition) is 6. The zero-order valence-corrected chi connectivity index (χ0v) is 17.0. The number of aryl methyl sites for hydroxylation is 2. The summed E-state index contributed by atoms with van der Waals surface area (Å²) in [6.07, 6.45) is 5.11. The van der Waals surface area contributed by atoms with Crippen LogP contribution in [0.5, 0.6) is 0 Å². The van der Waals surface area contributed by atoms with E-state index in [0.717, 1.165) is 54.7 Å². The molecule has 1 atom stereocenters. The van der Waals surface area contributed by atoms with Crippen LogP contribution in [0.3, 0.4) is 0 Å². The highest BCUT2D eigenvalue weighted by Crippen LogP contribution is 2.30. The summed E-state index contributed by atoms with van der Waals surface area (Å²) < 4.78 is 5.34. The number of benzene rings is 1. The summed E-state index contributed by atoms with van der Waals surface area (Å²) in [6.45, 7) is 6.24. The minimum Gasteiger partial charge on any atom is -0.355 e. The first-order valence-electron chi connectivity index (χ1n) is 10.4. The molecule has 0 spiro atoms. The lowest BCUT2D eigenvalue weighted by molar-refractivity contribution is -0.125. The third kappa shape index (κ3) is 4.09. The van der Waals surface area contributed by atoms with Gasteiger partial charge in [0.25, 0.3) is 5.71 Å². The van der Waals surface area contributed by atoms with E-state index in [1.54, 1.807) is 0 Å². The molecular weight excluding hydrogens is 366 g/mol. The van der Waals surface area contributed by atoms with Crippen molar-refractivity contribution in [3.63, 3.8) is 0 Å². The van der Waals surface area contributed by atoms with E-state index in [1.807, 2.05) is 6.92 Å². The second-order valence-corrected chi connectivity index (χ2v) is 7.53. The van der Waals surface area contributed by atoms with E-state index in [-0.39, 0.29) is 11.8 Å². The molecule has 2 aromatic heterocycles. The van der Waals surface area contributed by atoms with Crippen molar-refractivity contribution in [2.75, 3.05) is 18.0 Å². The van der Waals surface area contributed by atoms with Crippen LogP contribution in [0, 0.1) is 5.92 Å². The Hall–Kier alpha value is -2.96. The molecule has 3 heterocycles. The molecule has 1 aliphatic heterocycles. The average molecular weight is 393 g/mol. The van der Waals surface area contributed by atoms with Crippen LogP contribution < -0.4 is 10.2 Å². The predicted molar refractivity (Wildman–Crippen MR) is 112 cm³/mol. The number of carbonyl (C=O) groups is 1. The summed E-state index contributed by atoms with van der Waals surface area (Å²) in [6, 6.07) is 8.41. The maximum atomic E-state index is 12.8. The summed E-state index contributed by atoms with van der Waals surface area (Å²) in [5.41, 5.74) is 3.80. The lowest BCUT2D eigenvalue weighted by atomic mass is 9.96. The number of nitrogens with zero attached hydrogens (tertiary/aromatic N) is 4. The van der Waals surface area contributed by atoms with Gasteiger partial charge in [0.15, 0.2) is 0 Å². The Morgan fingerprint density at radius 2 is 1.97 bits per heavy atom. The number of amides is 1. The zero-order chi connectivity index (χ0) is 20.2. The van der Waals surface area contributed by atoms with Crippen molar-refractivity contribution < 1.29 is 9.32 Å². The molecule has 1 saturated heterocycles. The maximum absolute atomic E-state index is 12.8. The van der Waals surface area contributed by atoms with Gasteiger partial charge in [0.2, 0.25) is 5.91 Å². The minimum absolute atomic E-state index is 0.0615. The molecule has 3 aromatic rings. The molecule has 1 fully saturated rings. The smallest absolute Gasteiger partial charge is 0.263 e. The first-order valence-corrected chi connectivity index (χ1v) is 10.4. The number of fused-ring (bicyclic) bond motifs is 1. The molecule has 1 amide bonds. The summed E-state index contributed by atoms with van der Waals surface area (Å²) in [5.74, 6) is 0.856. The Morgan fingerprint density at radius 3 is 2.72 bits per heavy atom. The lowest BCUT2D eigenvalue weighted by Crippen LogP contribution is -2.43. The van der Waals surface area contributed by atoms with Gasteiger partial charge >= 0.3 is 0 Å².